The molecule has 0 saturated heterocycles. The summed E-state index contributed by atoms with van der Waals surface area (Å²) in [6.07, 6.45) is 4.16. The molecule has 2 heterocycles. The van der Waals surface area contributed by atoms with Crippen molar-refractivity contribution in [2.24, 2.45) is 0 Å². The van der Waals surface area contributed by atoms with E-state index in [1.807, 2.05) is 23.7 Å². The van der Waals surface area contributed by atoms with E-state index in [0.29, 0.717) is 17.2 Å². The minimum atomic E-state index is -0.309. The highest BCUT2D eigenvalue weighted by Gasteiger charge is 2.26. The van der Waals surface area contributed by atoms with Crippen molar-refractivity contribution in [3.63, 3.8) is 0 Å². The number of ether oxygens (including phenoxy) is 1. The molecule has 0 radical (unpaired) electrons. The summed E-state index contributed by atoms with van der Waals surface area (Å²) in [6, 6.07) is 10.2. The number of rotatable bonds is 5. The fourth-order valence-corrected chi connectivity index (χ4v) is 5.56. The number of carbonyl (C=O) groups excluding carboxylic acids is 1. The number of carbonyl (C=O) groups is 1. The molecule has 6 nitrogen and oxygen atoms in total. The van der Waals surface area contributed by atoms with Gasteiger partial charge in [0.2, 0.25) is 0 Å². The number of aromatic nitrogens is 2. The summed E-state index contributed by atoms with van der Waals surface area (Å²) in [5, 5.41) is 12.2. The number of nitrogens with zero attached hydrogens (tertiary/aromatic N) is 2. The average molecular weight is 455 g/mol. The van der Waals surface area contributed by atoms with Crippen molar-refractivity contribution in [3.05, 3.63) is 63.3 Å². The fourth-order valence-electron chi connectivity index (χ4n) is 3.99. The molecule has 0 atom stereocenters. The number of nitrogens with one attached hydrogen (secondary N) is 2. The molecular formula is C23H26N4O2S2. The van der Waals surface area contributed by atoms with Gasteiger partial charge in [0.15, 0.2) is 5.11 Å². The molecule has 8 heteroatoms. The van der Waals surface area contributed by atoms with Crippen LogP contribution in [0.2, 0.25) is 0 Å². The molecule has 1 aliphatic rings. The lowest BCUT2D eigenvalue weighted by Crippen LogP contribution is -2.20. The van der Waals surface area contributed by atoms with Gasteiger partial charge in [-0.2, -0.15) is 5.10 Å². The molecule has 2 N–H and O–H groups in total. The quantitative estimate of drug-likeness (QED) is 0.414. The highest BCUT2D eigenvalue weighted by Crippen LogP contribution is 2.38. The van der Waals surface area contributed by atoms with Crippen LogP contribution >= 0.6 is 23.6 Å². The number of benzene rings is 1. The van der Waals surface area contributed by atoms with Crippen LogP contribution in [0.5, 0.6) is 0 Å². The number of hydrogen-bond acceptors (Lipinski definition) is 5. The number of thiophene rings is 1. The van der Waals surface area contributed by atoms with Gasteiger partial charge in [0.25, 0.3) is 0 Å². The van der Waals surface area contributed by atoms with Gasteiger partial charge in [-0.25, -0.2) is 4.79 Å². The summed E-state index contributed by atoms with van der Waals surface area (Å²) in [4.78, 5) is 13.7. The summed E-state index contributed by atoms with van der Waals surface area (Å²) < 4.78 is 7.03. The molecule has 0 unspecified atom stereocenters. The van der Waals surface area contributed by atoms with Gasteiger partial charge >= 0.3 is 5.97 Å². The molecule has 0 saturated carbocycles. The zero-order chi connectivity index (χ0) is 22.0. The summed E-state index contributed by atoms with van der Waals surface area (Å²) in [6.45, 7) is 4.75. The molecule has 4 rings (SSSR count). The molecule has 31 heavy (non-hydrogen) atoms. The molecule has 0 amide bonds. The van der Waals surface area contributed by atoms with Crippen molar-refractivity contribution in [1.82, 2.24) is 9.78 Å². The topological polar surface area (TPSA) is 68.2 Å². The summed E-state index contributed by atoms with van der Waals surface area (Å²) >= 11 is 7.16. The number of methoxy groups -OCH3 is 1. The fraction of sp³-hybridized carbons (Fsp3) is 0.348. The van der Waals surface area contributed by atoms with Crippen molar-refractivity contribution >= 4 is 45.3 Å². The van der Waals surface area contributed by atoms with Crippen LogP contribution in [0.25, 0.3) is 0 Å². The first-order chi connectivity index (χ1) is 14.9. The van der Waals surface area contributed by atoms with E-state index >= 15 is 0 Å². The van der Waals surface area contributed by atoms with E-state index in [4.69, 9.17) is 17.0 Å². The third-order valence-corrected chi connectivity index (χ3v) is 6.82. The Morgan fingerprint density at radius 1 is 1.23 bits per heavy atom. The standard InChI is InChI=1S/C23H26N4O2S2/c1-14-11-15(2)27(26-14)13-16-7-6-8-17(12-16)24-23(30)25-21-20(22(28)29-3)18-9-4-5-10-19(18)31-21/h6-8,11-12H,4-5,9-10,13H2,1-3H3,(H2,24,25,30). The Labute approximate surface area is 191 Å². The van der Waals surface area contributed by atoms with Crippen LogP contribution in [0.1, 0.15) is 50.6 Å². The van der Waals surface area contributed by atoms with Crippen molar-refractivity contribution in [1.29, 1.82) is 0 Å². The van der Waals surface area contributed by atoms with Gasteiger partial charge in [0.05, 0.1) is 24.9 Å². The molecule has 0 spiro atoms. The molecule has 3 aromatic rings. The predicted molar refractivity (Wildman–Crippen MR) is 129 cm³/mol. The van der Waals surface area contributed by atoms with E-state index in [1.54, 1.807) is 11.3 Å². The van der Waals surface area contributed by atoms with E-state index in [9.17, 15) is 4.79 Å². The first-order valence-corrected chi connectivity index (χ1v) is 11.6. The van der Waals surface area contributed by atoms with Gasteiger partial charge in [0.1, 0.15) is 5.00 Å². The van der Waals surface area contributed by atoms with Crippen molar-refractivity contribution in [3.8, 4) is 0 Å². The first kappa shape index (κ1) is 21.5. The van der Waals surface area contributed by atoms with Crippen LogP contribution in [0.15, 0.2) is 30.3 Å². The number of fused-ring (bicyclic) bond motifs is 1. The molecule has 1 aliphatic carbocycles. The van der Waals surface area contributed by atoms with E-state index < -0.39 is 0 Å². The summed E-state index contributed by atoms with van der Waals surface area (Å²) in [7, 11) is 1.42. The Morgan fingerprint density at radius 3 is 2.77 bits per heavy atom. The van der Waals surface area contributed by atoms with Crippen LogP contribution in [-0.2, 0) is 24.1 Å². The molecular weight excluding hydrogens is 428 g/mol. The van der Waals surface area contributed by atoms with E-state index in [0.717, 1.165) is 58.9 Å². The van der Waals surface area contributed by atoms with Gasteiger partial charge in [-0.15, -0.1) is 11.3 Å². The Morgan fingerprint density at radius 2 is 2.03 bits per heavy atom. The van der Waals surface area contributed by atoms with Gasteiger partial charge in [0, 0.05) is 16.3 Å². The Hall–Kier alpha value is -2.71. The zero-order valence-corrected chi connectivity index (χ0v) is 19.6. The van der Waals surface area contributed by atoms with Crippen LogP contribution in [0.3, 0.4) is 0 Å². The number of hydrogen-bond donors (Lipinski definition) is 2. The van der Waals surface area contributed by atoms with Crippen molar-refractivity contribution in [2.45, 2.75) is 46.1 Å². The molecule has 162 valence electrons. The molecule has 0 bridgehead atoms. The predicted octanol–water partition coefficient (Wildman–Crippen LogP) is 5.08. The van der Waals surface area contributed by atoms with Gasteiger partial charge < -0.3 is 15.4 Å². The largest absolute Gasteiger partial charge is 0.465 e. The summed E-state index contributed by atoms with van der Waals surface area (Å²) in [5.41, 5.74) is 5.89. The minimum absolute atomic E-state index is 0.309. The Balaban J connectivity index is 1.49. The highest BCUT2D eigenvalue weighted by molar-refractivity contribution is 7.80. The van der Waals surface area contributed by atoms with E-state index in [1.165, 1.54) is 12.0 Å². The maximum Gasteiger partial charge on any atom is 0.341 e. The minimum Gasteiger partial charge on any atom is -0.465 e. The lowest BCUT2D eigenvalue weighted by atomic mass is 9.95. The monoisotopic (exact) mass is 454 g/mol. The molecule has 1 aromatic carbocycles. The van der Waals surface area contributed by atoms with Crippen molar-refractivity contribution in [2.75, 3.05) is 17.7 Å². The Kier molecular flexibility index (Phi) is 6.38. The van der Waals surface area contributed by atoms with E-state index in [-0.39, 0.29) is 5.97 Å². The second-order valence-electron chi connectivity index (χ2n) is 7.77. The normalized spacial score (nSPS) is 12.9. The van der Waals surface area contributed by atoms with Crippen LogP contribution < -0.4 is 10.6 Å². The second kappa shape index (κ2) is 9.20. The van der Waals surface area contributed by atoms with Crippen molar-refractivity contribution < 1.29 is 9.53 Å². The zero-order valence-electron chi connectivity index (χ0n) is 17.9. The first-order valence-electron chi connectivity index (χ1n) is 10.4. The van der Waals surface area contributed by atoms with Crippen LogP contribution in [0.4, 0.5) is 10.7 Å². The van der Waals surface area contributed by atoms with E-state index in [2.05, 4.69) is 40.9 Å². The summed E-state index contributed by atoms with van der Waals surface area (Å²) in [5.74, 6) is -0.309. The van der Waals surface area contributed by atoms with Gasteiger partial charge in [-0.1, -0.05) is 12.1 Å². The second-order valence-corrected chi connectivity index (χ2v) is 9.28. The average Bonchev–Trinajstić information content (AvgIpc) is 3.25. The van der Waals surface area contributed by atoms with Crippen LogP contribution in [-0.4, -0.2) is 28.0 Å². The van der Waals surface area contributed by atoms with Crippen LogP contribution in [0, 0.1) is 13.8 Å². The maximum absolute atomic E-state index is 12.4. The number of anilines is 2. The number of thiocarbonyl (C=S) groups is 1. The lowest BCUT2D eigenvalue weighted by Gasteiger charge is -2.13. The smallest absolute Gasteiger partial charge is 0.341 e. The highest BCUT2D eigenvalue weighted by atomic mass is 32.1. The lowest BCUT2D eigenvalue weighted by molar-refractivity contribution is 0.0601. The molecule has 2 aromatic heterocycles. The third kappa shape index (κ3) is 4.80. The maximum atomic E-state index is 12.4. The molecule has 0 aliphatic heterocycles. The van der Waals surface area contributed by atoms with Gasteiger partial charge in [-0.3, -0.25) is 4.68 Å². The SMILES string of the molecule is COC(=O)c1c(NC(=S)Nc2cccc(Cn3nc(C)cc3C)c2)sc2c1CCCC2. The number of aryl methyl sites for hydroxylation is 3. The molecule has 0 fully saturated rings. The number of esters is 1. The van der Waals surface area contributed by atoms with Gasteiger partial charge in [-0.05, 0) is 81.1 Å². The Bertz CT molecular complexity index is 1130. The third-order valence-electron chi connectivity index (χ3n) is 5.41.